The fourth-order valence-corrected chi connectivity index (χ4v) is 4.02. The lowest BCUT2D eigenvalue weighted by molar-refractivity contribution is -0.0982. The van der Waals surface area contributed by atoms with Crippen molar-refractivity contribution >= 4 is 0 Å². The van der Waals surface area contributed by atoms with E-state index < -0.39 is 0 Å². The number of hydrogen-bond acceptors (Lipinski definition) is 4. The summed E-state index contributed by atoms with van der Waals surface area (Å²) < 4.78 is 6.13. The standard InChI is InChI=1S/C16H25N3O/c1-12-14(5-4-9-18-12)15(19-17)13-6-10-20-16(11-13)7-2-3-8-16/h4-5,9,13,15,19H,2-3,6-8,10-11,17H2,1H3. The molecule has 2 fully saturated rings. The van der Waals surface area contributed by atoms with Crippen LogP contribution in [-0.4, -0.2) is 17.2 Å². The number of ether oxygens (including phenoxy) is 1. The minimum Gasteiger partial charge on any atom is -0.375 e. The highest BCUT2D eigenvalue weighted by Gasteiger charge is 2.42. The van der Waals surface area contributed by atoms with Crippen LogP contribution in [0.15, 0.2) is 18.3 Å². The molecule has 0 bridgehead atoms. The zero-order valence-corrected chi connectivity index (χ0v) is 12.3. The van der Waals surface area contributed by atoms with Gasteiger partial charge in [0.2, 0.25) is 0 Å². The smallest absolute Gasteiger partial charge is 0.0686 e. The molecule has 1 aliphatic heterocycles. The Balaban J connectivity index is 1.81. The van der Waals surface area contributed by atoms with Crippen molar-refractivity contribution in [3.63, 3.8) is 0 Å². The number of rotatable bonds is 3. The maximum atomic E-state index is 6.13. The van der Waals surface area contributed by atoms with Crippen molar-refractivity contribution in [1.82, 2.24) is 10.4 Å². The molecule has 1 aliphatic carbocycles. The second kappa shape index (κ2) is 5.80. The normalized spacial score (nSPS) is 26.8. The molecule has 2 heterocycles. The van der Waals surface area contributed by atoms with Crippen LogP contribution in [0.1, 0.15) is 55.8 Å². The summed E-state index contributed by atoms with van der Waals surface area (Å²) in [7, 11) is 0. The van der Waals surface area contributed by atoms with Crippen molar-refractivity contribution in [2.45, 2.75) is 57.1 Å². The molecule has 1 saturated carbocycles. The topological polar surface area (TPSA) is 60.2 Å². The molecule has 0 radical (unpaired) electrons. The van der Waals surface area contributed by atoms with Gasteiger partial charge in [-0.25, -0.2) is 0 Å². The van der Waals surface area contributed by atoms with E-state index in [0.717, 1.165) is 25.1 Å². The average Bonchev–Trinajstić information content (AvgIpc) is 2.90. The Morgan fingerprint density at radius 2 is 2.25 bits per heavy atom. The number of pyridine rings is 1. The fourth-order valence-electron chi connectivity index (χ4n) is 4.02. The monoisotopic (exact) mass is 275 g/mol. The quantitative estimate of drug-likeness (QED) is 0.657. The lowest BCUT2D eigenvalue weighted by Crippen LogP contribution is -2.43. The highest BCUT2D eigenvalue weighted by Crippen LogP contribution is 2.45. The van der Waals surface area contributed by atoms with Crippen LogP contribution < -0.4 is 11.3 Å². The molecule has 1 saturated heterocycles. The molecular formula is C16H25N3O. The summed E-state index contributed by atoms with van der Waals surface area (Å²) in [5.41, 5.74) is 5.48. The van der Waals surface area contributed by atoms with Crippen molar-refractivity contribution in [2.75, 3.05) is 6.61 Å². The molecule has 3 N–H and O–H groups in total. The molecule has 4 heteroatoms. The molecule has 4 nitrogen and oxygen atoms in total. The maximum Gasteiger partial charge on any atom is 0.0686 e. The number of aromatic nitrogens is 1. The summed E-state index contributed by atoms with van der Waals surface area (Å²) in [5.74, 6) is 6.41. The van der Waals surface area contributed by atoms with Crippen molar-refractivity contribution < 1.29 is 4.74 Å². The first-order valence-corrected chi connectivity index (χ1v) is 7.76. The Hall–Kier alpha value is -0.970. The van der Waals surface area contributed by atoms with Crippen LogP contribution in [0.2, 0.25) is 0 Å². The molecule has 2 unspecified atom stereocenters. The molecule has 1 aromatic rings. The predicted molar refractivity (Wildman–Crippen MR) is 78.9 cm³/mol. The molecule has 20 heavy (non-hydrogen) atoms. The summed E-state index contributed by atoms with van der Waals surface area (Å²) in [6.07, 6.45) is 9.08. The van der Waals surface area contributed by atoms with Gasteiger partial charge in [-0.15, -0.1) is 0 Å². The first-order chi connectivity index (χ1) is 9.74. The van der Waals surface area contributed by atoms with Crippen LogP contribution in [-0.2, 0) is 4.74 Å². The van der Waals surface area contributed by atoms with Crippen LogP contribution >= 0.6 is 0 Å². The third kappa shape index (κ3) is 2.60. The number of nitrogens with zero attached hydrogens (tertiary/aromatic N) is 1. The SMILES string of the molecule is Cc1ncccc1C(NN)C1CCOC2(CCCC2)C1. The minimum atomic E-state index is 0.133. The number of aryl methyl sites for hydroxylation is 1. The van der Waals surface area contributed by atoms with E-state index in [1.54, 1.807) is 0 Å². The van der Waals surface area contributed by atoms with Gasteiger partial charge >= 0.3 is 0 Å². The molecular weight excluding hydrogens is 250 g/mol. The van der Waals surface area contributed by atoms with E-state index >= 15 is 0 Å². The first-order valence-electron chi connectivity index (χ1n) is 7.76. The van der Waals surface area contributed by atoms with Crippen molar-refractivity contribution in [3.05, 3.63) is 29.6 Å². The maximum absolute atomic E-state index is 6.13. The molecule has 3 rings (SSSR count). The zero-order valence-electron chi connectivity index (χ0n) is 12.3. The second-order valence-electron chi connectivity index (χ2n) is 6.31. The summed E-state index contributed by atoms with van der Waals surface area (Å²) in [6.45, 7) is 2.92. The minimum absolute atomic E-state index is 0.133. The highest BCUT2D eigenvalue weighted by atomic mass is 16.5. The fraction of sp³-hybridized carbons (Fsp3) is 0.688. The Labute approximate surface area is 121 Å². The molecule has 0 amide bonds. The van der Waals surface area contributed by atoms with Crippen LogP contribution in [0.4, 0.5) is 0 Å². The van der Waals surface area contributed by atoms with Crippen molar-refractivity contribution in [1.29, 1.82) is 0 Å². The lowest BCUT2D eigenvalue weighted by atomic mass is 9.78. The van der Waals surface area contributed by atoms with Crippen molar-refractivity contribution in [3.8, 4) is 0 Å². The summed E-state index contributed by atoms with van der Waals surface area (Å²) in [5, 5.41) is 0. The van der Waals surface area contributed by atoms with Gasteiger partial charge in [0, 0.05) is 18.5 Å². The van der Waals surface area contributed by atoms with Gasteiger partial charge in [0.15, 0.2) is 0 Å². The van der Waals surface area contributed by atoms with E-state index in [-0.39, 0.29) is 11.6 Å². The van der Waals surface area contributed by atoms with Gasteiger partial charge in [0.1, 0.15) is 0 Å². The molecule has 1 spiro atoms. The number of hydrogen-bond donors (Lipinski definition) is 2. The van der Waals surface area contributed by atoms with Crippen LogP contribution in [0, 0.1) is 12.8 Å². The Morgan fingerprint density at radius 3 is 2.95 bits per heavy atom. The summed E-state index contributed by atoms with van der Waals surface area (Å²) in [4.78, 5) is 4.41. The Bertz CT molecular complexity index is 457. The molecule has 110 valence electrons. The summed E-state index contributed by atoms with van der Waals surface area (Å²) in [6, 6.07) is 4.33. The average molecular weight is 275 g/mol. The van der Waals surface area contributed by atoms with E-state index in [0.29, 0.717) is 5.92 Å². The third-order valence-electron chi connectivity index (χ3n) is 5.08. The highest BCUT2D eigenvalue weighted by molar-refractivity contribution is 5.23. The van der Waals surface area contributed by atoms with Gasteiger partial charge in [0.05, 0.1) is 11.6 Å². The van der Waals surface area contributed by atoms with Gasteiger partial charge in [-0.05, 0) is 50.2 Å². The Kier molecular flexibility index (Phi) is 4.06. The van der Waals surface area contributed by atoms with E-state index in [4.69, 9.17) is 10.6 Å². The van der Waals surface area contributed by atoms with E-state index in [2.05, 4.69) is 23.4 Å². The molecule has 2 aliphatic rings. The third-order valence-corrected chi connectivity index (χ3v) is 5.08. The van der Waals surface area contributed by atoms with Crippen molar-refractivity contribution in [2.24, 2.45) is 11.8 Å². The molecule has 2 atom stereocenters. The van der Waals surface area contributed by atoms with Gasteiger partial charge in [-0.1, -0.05) is 18.9 Å². The molecule has 0 aromatic carbocycles. The largest absolute Gasteiger partial charge is 0.375 e. The van der Waals surface area contributed by atoms with Crippen LogP contribution in [0.3, 0.4) is 0 Å². The van der Waals surface area contributed by atoms with Gasteiger partial charge in [-0.2, -0.15) is 0 Å². The van der Waals surface area contributed by atoms with Crippen LogP contribution in [0.5, 0.6) is 0 Å². The first kappa shape index (κ1) is 14.0. The second-order valence-corrected chi connectivity index (χ2v) is 6.31. The lowest BCUT2D eigenvalue weighted by Gasteiger charge is -2.41. The van der Waals surface area contributed by atoms with Gasteiger partial charge in [-0.3, -0.25) is 16.3 Å². The summed E-state index contributed by atoms with van der Waals surface area (Å²) >= 11 is 0. The number of nitrogens with two attached hydrogens (primary N) is 1. The van der Waals surface area contributed by atoms with E-state index in [1.807, 2.05) is 12.3 Å². The molecule has 1 aromatic heterocycles. The van der Waals surface area contributed by atoms with Gasteiger partial charge < -0.3 is 4.74 Å². The van der Waals surface area contributed by atoms with E-state index in [1.165, 1.54) is 31.2 Å². The van der Waals surface area contributed by atoms with Gasteiger partial charge in [0.25, 0.3) is 0 Å². The van der Waals surface area contributed by atoms with Crippen LogP contribution in [0.25, 0.3) is 0 Å². The number of hydrazine groups is 1. The Morgan fingerprint density at radius 1 is 1.45 bits per heavy atom. The zero-order chi connectivity index (χ0) is 14.0. The predicted octanol–water partition coefficient (Wildman–Crippen LogP) is 2.63. The van der Waals surface area contributed by atoms with E-state index in [9.17, 15) is 0 Å². The number of nitrogens with one attached hydrogen (secondary N) is 1.